The van der Waals surface area contributed by atoms with Gasteiger partial charge in [-0.25, -0.2) is 4.39 Å². The van der Waals surface area contributed by atoms with E-state index in [9.17, 15) is 9.18 Å². The van der Waals surface area contributed by atoms with Gasteiger partial charge in [0.15, 0.2) is 0 Å². The lowest BCUT2D eigenvalue weighted by atomic mass is 10.2. The number of benzene rings is 1. The van der Waals surface area contributed by atoms with Crippen LogP contribution in [0.15, 0.2) is 65.5 Å². The number of rotatable bonds is 5. The average molecular weight is 299 g/mol. The second kappa shape index (κ2) is 6.26. The monoisotopic (exact) mass is 299 g/mol. The Hall–Kier alpha value is -2.89. The number of carbonyl (C=O) groups excluding carboxylic acids is 1. The molecule has 3 aromatic rings. The van der Waals surface area contributed by atoms with Gasteiger partial charge in [0.2, 0.25) is 0 Å². The largest absolute Gasteiger partial charge is 0.467 e. The van der Waals surface area contributed by atoms with Gasteiger partial charge in [0, 0.05) is 24.5 Å². The molecule has 1 atom stereocenters. The average Bonchev–Trinajstić information content (AvgIpc) is 3.22. The molecule has 2 aromatic heterocycles. The molecular weight excluding hydrogens is 285 g/mol. The van der Waals surface area contributed by atoms with Crippen molar-refractivity contribution in [3.63, 3.8) is 0 Å². The molecule has 0 radical (unpaired) electrons. The van der Waals surface area contributed by atoms with Crippen LogP contribution < -0.4 is 5.32 Å². The van der Waals surface area contributed by atoms with E-state index in [1.807, 2.05) is 6.07 Å². The molecule has 5 nitrogen and oxygen atoms in total. The zero-order valence-corrected chi connectivity index (χ0v) is 11.6. The Morgan fingerprint density at radius 3 is 2.73 bits per heavy atom. The minimum atomic E-state index is -0.374. The van der Waals surface area contributed by atoms with Crippen LogP contribution in [-0.2, 0) is 0 Å². The van der Waals surface area contributed by atoms with Gasteiger partial charge in [0.1, 0.15) is 17.6 Å². The molecular formula is C16H14FN3O2. The van der Waals surface area contributed by atoms with Gasteiger partial charge >= 0.3 is 0 Å². The predicted octanol–water partition coefficient (Wildman–Crippen LogP) is 2.63. The van der Waals surface area contributed by atoms with Gasteiger partial charge in [-0.15, -0.1) is 0 Å². The second-order valence-electron chi connectivity index (χ2n) is 4.73. The third-order valence-corrected chi connectivity index (χ3v) is 3.28. The number of nitrogens with one attached hydrogen (secondary N) is 1. The summed E-state index contributed by atoms with van der Waals surface area (Å²) in [6.07, 6.45) is 5.04. The molecule has 0 bridgehead atoms. The van der Waals surface area contributed by atoms with Crippen LogP contribution in [0.4, 0.5) is 4.39 Å². The van der Waals surface area contributed by atoms with Gasteiger partial charge in [-0.05, 0) is 42.5 Å². The van der Waals surface area contributed by atoms with Gasteiger partial charge < -0.3 is 9.73 Å². The molecule has 0 saturated heterocycles. The molecule has 3 rings (SSSR count). The summed E-state index contributed by atoms with van der Waals surface area (Å²) in [6.45, 7) is 0.311. The summed E-state index contributed by atoms with van der Waals surface area (Å²) in [5, 5.41) is 7.00. The first-order valence-electron chi connectivity index (χ1n) is 6.80. The minimum absolute atomic E-state index is 0.241. The van der Waals surface area contributed by atoms with Crippen molar-refractivity contribution in [3.05, 3.63) is 78.3 Å². The second-order valence-corrected chi connectivity index (χ2v) is 4.73. The van der Waals surface area contributed by atoms with E-state index >= 15 is 0 Å². The fourth-order valence-corrected chi connectivity index (χ4v) is 2.16. The summed E-state index contributed by atoms with van der Waals surface area (Å²) < 4.78 is 20.0. The molecule has 0 fully saturated rings. The van der Waals surface area contributed by atoms with E-state index in [0.29, 0.717) is 17.9 Å². The highest BCUT2D eigenvalue weighted by molar-refractivity contribution is 5.94. The van der Waals surface area contributed by atoms with Crippen LogP contribution in [0.5, 0.6) is 0 Å². The van der Waals surface area contributed by atoms with Crippen molar-refractivity contribution in [1.82, 2.24) is 15.1 Å². The van der Waals surface area contributed by atoms with E-state index in [4.69, 9.17) is 4.42 Å². The first-order chi connectivity index (χ1) is 10.7. The summed E-state index contributed by atoms with van der Waals surface area (Å²) in [5.74, 6) is 0.0494. The smallest absolute Gasteiger partial charge is 0.251 e. The third kappa shape index (κ3) is 3.06. The number of aromatic nitrogens is 2. The Balaban J connectivity index is 1.72. The molecule has 1 amide bonds. The predicted molar refractivity (Wildman–Crippen MR) is 77.8 cm³/mol. The van der Waals surface area contributed by atoms with Crippen molar-refractivity contribution in [2.45, 2.75) is 6.04 Å². The van der Waals surface area contributed by atoms with Gasteiger partial charge in [-0.3, -0.25) is 9.48 Å². The van der Waals surface area contributed by atoms with Crippen LogP contribution in [-0.4, -0.2) is 22.2 Å². The first-order valence-corrected chi connectivity index (χ1v) is 6.80. The molecule has 112 valence electrons. The maximum absolute atomic E-state index is 12.9. The van der Waals surface area contributed by atoms with Crippen LogP contribution in [0.3, 0.4) is 0 Å². The Morgan fingerprint density at radius 2 is 2.09 bits per heavy atom. The number of carbonyl (C=O) groups is 1. The number of nitrogens with zero attached hydrogens (tertiary/aromatic N) is 2. The molecule has 0 saturated carbocycles. The van der Waals surface area contributed by atoms with Crippen LogP contribution >= 0.6 is 0 Å². The number of hydrogen-bond donors (Lipinski definition) is 1. The Kier molecular flexibility index (Phi) is 4.00. The summed E-state index contributed by atoms with van der Waals surface area (Å²) in [4.78, 5) is 12.1. The highest BCUT2D eigenvalue weighted by Gasteiger charge is 2.18. The number of amides is 1. The molecule has 0 spiro atoms. The first kappa shape index (κ1) is 14.1. The fourth-order valence-electron chi connectivity index (χ4n) is 2.16. The van der Waals surface area contributed by atoms with Gasteiger partial charge in [-0.2, -0.15) is 5.10 Å². The zero-order valence-electron chi connectivity index (χ0n) is 11.6. The van der Waals surface area contributed by atoms with Gasteiger partial charge in [0.25, 0.3) is 5.91 Å². The molecule has 2 heterocycles. The Labute approximate surface area is 126 Å². The van der Waals surface area contributed by atoms with E-state index in [1.54, 1.807) is 35.5 Å². The zero-order chi connectivity index (χ0) is 15.4. The summed E-state index contributed by atoms with van der Waals surface area (Å²) in [5.41, 5.74) is 0.403. The lowest BCUT2D eigenvalue weighted by Gasteiger charge is -2.16. The van der Waals surface area contributed by atoms with Crippen LogP contribution in [0.2, 0.25) is 0 Å². The van der Waals surface area contributed by atoms with E-state index in [2.05, 4.69) is 10.4 Å². The van der Waals surface area contributed by atoms with Crippen LogP contribution in [0.1, 0.15) is 22.2 Å². The van der Waals surface area contributed by atoms with Crippen molar-refractivity contribution in [2.75, 3.05) is 6.54 Å². The van der Waals surface area contributed by atoms with E-state index in [1.165, 1.54) is 24.3 Å². The molecule has 0 aliphatic carbocycles. The van der Waals surface area contributed by atoms with Crippen LogP contribution in [0.25, 0.3) is 0 Å². The highest BCUT2D eigenvalue weighted by atomic mass is 19.1. The summed E-state index contributed by atoms with van der Waals surface area (Å²) in [6, 6.07) is 10.6. The molecule has 0 aliphatic rings. The fraction of sp³-hybridized carbons (Fsp3) is 0.125. The molecule has 1 aromatic carbocycles. The summed E-state index contributed by atoms with van der Waals surface area (Å²) >= 11 is 0. The number of hydrogen-bond acceptors (Lipinski definition) is 3. The van der Waals surface area contributed by atoms with Crippen molar-refractivity contribution in [2.24, 2.45) is 0 Å². The molecule has 6 heteroatoms. The molecule has 22 heavy (non-hydrogen) atoms. The SMILES string of the molecule is O=C(NCC(c1ccco1)n1cccn1)c1ccc(F)cc1. The maximum atomic E-state index is 12.9. The van der Waals surface area contributed by atoms with Crippen molar-refractivity contribution in [3.8, 4) is 0 Å². The van der Waals surface area contributed by atoms with Gasteiger partial charge in [0.05, 0.1) is 6.26 Å². The Morgan fingerprint density at radius 1 is 1.27 bits per heavy atom. The lowest BCUT2D eigenvalue weighted by Crippen LogP contribution is -2.31. The minimum Gasteiger partial charge on any atom is -0.467 e. The van der Waals surface area contributed by atoms with Crippen molar-refractivity contribution >= 4 is 5.91 Å². The Bertz CT molecular complexity index is 687. The third-order valence-electron chi connectivity index (χ3n) is 3.28. The van der Waals surface area contributed by atoms with E-state index in [0.717, 1.165) is 0 Å². The van der Waals surface area contributed by atoms with Gasteiger partial charge in [-0.1, -0.05) is 0 Å². The van der Waals surface area contributed by atoms with E-state index in [-0.39, 0.29) is 17.8 Å². The molecule has 1 unspecified atom stereocenters. The normalized spacial score (nSPS) is 12.0. The van der Waals surface area contributed by atoms with E-state index < -0.39 is 0 Å². The maximum Gasteiger partial charge on any atom is 0.251 e. The number of halogens is 1. The summed E-state index contributed by atoms with van der Waals surface area (Å²) in [7, 11) is 0. The quantitative estimate of drug-likeness (QED) is 0.788. The van der Waals surface area contributed by atoms with Crippen molar-refractivity contribution < 1.29 is 13.6 Å². The molecule has 1 N–H and O–H groups in total. The van der Waals surface area contributed by atoms with Crippen LogP contribution in [0, 0.1) is 5.82 Å². The topological polar surface area (TPSA) is 60.1 Å². The van der Waals surface area contributed by atoms with Crippen molar-refractivity contribution in [1.29, 1.82) is 0 Å². The lowest BCUT2D eigenvalue weighted by molar-refractivity contribution is 0.0948. The number of furan rings is 1. The standard InChI is InChI=1S/C16H14FN3O2/c17-13-6-4-12(5-7-13)16(21)18-11-14(15-3-1-10-22-15)20-9-2-8-19-20/h1-10,14H,11H2,(H,18,21). The molecule has 0 aliphatic heterocycles. The highest BCUT2D eigenvalue weighted by Crippen LogP contribution is 2.17.